The molecule has 2 heterocycles. The Morgan fingerprint density at radius 2 is 1.63 bits per heavy atom. The van der Waals surface area contributed by atoms with Gasteiger partial charge in [-0.25, -0.2) is 0 Å². The van der Waals surface area contributed by atoms with Crippen molar-refractivity contribution in [3.05, 3.63) is 60.4 Å². The quantitative estimate of drug-likeness (QED) is 0.721. The predicted octanol–water partition coefficient (Wildman–Crippen LogP) is 4.31. The van der Waals surface area contributed by atoms with Gasteiger partial charge in [-0.3, -0.25) is 0 Å². The number of pyridine rings is 1. The zero-order valence-corrected chi connectivity index (χ0v) is 11.3. The monoisotopic (exact) mass is 250 g/mol. The van der Waals surface area contributed by atoms with Crippen LogP contribution in [-0.4, -0.2) is 4.40 Å². The van der Waals surface area contributed by atoms with Crippen molar-refractivity contribution in [1.82, 2.24) is 4.40 Å². The molecule has 0 atom stereocenters. The Bertz CT molecular complexity index is 709. The normalized spacial score (nSPS) is 11.3. The van der Waals surface area contributed by atoms with Crippen LogP contribution in [0.2, 0.25) is 0 Å². The lowest BCUT2D eigenvalue weighted by atomic mass is 9.98. The molecule has 2 nitrogen and oxygen atoms in total. The average molecular weight is 250 g/mol. The third-order valence-corrected chi connectivity index (χ3v) is 3.53. The highest BCUT2D eigenvalue weighted by Crippen LogP contribution is 2.38. The number of fused-ring (bicyclic) bond motifs is 1. The lowest BCUT2D eigenvalue weighted by molar-refractivity contribution is 0.811. The van der Waals surface area contributed by atoms with Crippen molar-refractivity contribution >= 4 is 11.2 Å². The van der Waals surface area contributed by atoms with E-state index in [4.69, 9.17) is 5.73 Å². The van der Waals surface area contributed by atoms with Crippen LogP contribution in [0.25, 0.3) is 16.6 Å². The number of hydrogen-bond donors (Lipinski definition) is 1. The fourth-order valence-corrected chi connectivity index (χ4v) is 2.73. The lowest BCUT2D eigenvalue weighted by Crippen LogP contribution is -1.96. The van der Waals surface area contributed by atoms with E-state index < -0.39 is 0 Å². The van der Waals surface area contributed by atoms with E-state index in [0.717, 1.165) is 11.2 Å². The Balaban J connectivity index is 2.41. The summed E-state index contributed by atoms with van der Waals surface area (Å²) in [6.07, 6.45) is 2.09. The van der Waals surface area contributed by atoms with Crippen LogP contribution in [0.1, 0.15) is 25.5 Å². The van der Waals surface area contributed by atoms with Crippen molar-refractivity contribution in [2.75, 3.05) is 5.73 Å². The summed E-state index contributed by atoms with van der Waals surface area (Å²) in [5.41, 5.74) is 12.0. The maximum absolute atomic E-state index is 6.39. The Morgan fingerprint density at radius 1 is 0.947 bits per heavy atom. The van der Waals surface area contributed by atoms with Crippen molar-refractivity contribution in [2.24, 2.45) is 0 Å². The number of benzene rings is 1. The van der Waals surface area contributed by atoms with Crippen LogP contribution in [0.5, 0.6) is 0 Å². The maximum Gasteiger partial charge on any atom is 0.0690 e. The first-order valence-electron chi connectivity index (χ1n) is 6.64. The molecule has 0 aliphatic rings. The van der Waals surface area contributed by atoms with E-state index in [9.17, 15) is 0 Å². The number of nitrogen functional groups attached to an aromatic ring is 1. The number of anilines is 1. The molecule has 2 N–H and O–H groups in total. The van der Waals surface area contributed by atoms with Crippen molar-refractivity contribution < 1.29 is 0 Å². The van der Waals surface area contributed by atoms with E-state index >= 15 is 0 Å². The first kappa shape index (κ1) is 11.8. The number of aromatic nitrogens is 1. The fraction of sp³-hybridized carbons (Fsp3) is 0.176. The highest BCUT2D eigenvalue weighted by atomic mass is 14.9. The van der Waals surface area contributed by atoms with E-state index in [-0.39, 0.29) is 0 Å². The van der Waals surface area contributed by atoms with Crippen molar-refractivity contribution in [2.45, 2.75) is 19.8 Å². The molecular weight excluding hydrogens is 232 g/mol. The van der Waals surface area contributed by atoms with Gasteiger partial charge < -0.3 is 10.1 Å². The molecule has 0 radical (unpaired) electrons. The third kappa shape index (κ3) is 1.80. The van der Waals surface area contributed by atoms with E-state index in [2.05, 4.69) is 54.8 Å². The van der Waals surface area contributed by atoms with Crippen molar-refractivity contribution in [1.29, 1.82) is 0 Å². The van der Waals surface area contributed by atoms with Gasteiger partial charge in [-0.2, -0.15) is 0 Å². The summed E-state index contributed by atoms with van der Waals surface area (Å²) in [5.74, 6) is 0.419. The molecule has 96 valence electrons. The molecule has 3 aromatic rings. The van der Waals surface area contributed by atoms with Gasteiger partial charge in [-0.15, -0.1) is 0 Å². The average Bonchev–Trinajstić information content (AvgIpc) is 2.74. The van der Waals surface area contributed by atoms with Crippen LogP contribution >= 0.6 is 0 Å². The zero-order chi connectivity index (χ0) is 13.4. The molecule has 0 amide bonds. The Hall–Kier alpha value is -2.22. The maximum atomic E-state index is 6.39. The number of hydrogen-bond acceptors (Lipinski definition) is 1. The summed E-state index contributed by atoms with van der Waals surface area (Å²) in [6, 6.07) is 16.5. The summed E-state index contributed by atoms with van der Waals surface area (Å²) >= 11 is 0. The van der Waals surface area contributed by atoms with Gasteiger partial charge in [0.1, 0.15) is 0 Å². The van der Waals surface area contributed by atoms with Crippen LogP contribution in [-0.2, 0) is 0 Å². The highest BCUT2D eigenvalue weighted by Gasteiger charge is 2.19. The van der Waals surface area contributed by atoms with Gasteiger partial charge in [-0.05, 0) is 23.6 Å². The van der Waals surface area contributed by atoms with Crippen molar-refractivity contribution in [3.63, 3.8) is 0 Å². The van der Waals surface area contributed by atoms with E-state index in [1.807, 2.05) is 18.2 Å². The summed E-state index contributed by atoms with van der Waals surface area (Å²) < 4.78 is 2.21. The van der Waals surface area contributed by atoms with Gasteiger partial charge in [-0.1, -0.05) is 50.2 Å². The van der Waals surface area contributed by atoms with Crippen molar-refractivity contribution in [3.8, 4) is 11.1 Å². The summed E-state index contributed by atoms with van der Waals surface area (Å²) in [5, 5.41) is 0. The van der Waals surface area contributed by atoms with Gasteiger partial charge in [0.2, 0.25) is 0 Å². The molecule has 0 unspecified atom stereocenters. The third-order valence-electron chi connectivity index (χ3n) is 3.53. The minimum Gasteiger partial charge on any atom is -0.396 e. The second-order valence-electron chi connectivity index (χ2n) is 5.15. The Kier molecular flexibility index (Phi) is 2.79. The van der Waals surface area contributed by atoms with Gasteiger partial charge in [0, 0.05) is 17.5 Å². The molecule has 0 bridgehead atoms. The highest BCUT2D eigenvalue weighted by molar-refractivity contribution is 5.91. The topological polar surface area (TPSA) is 30.4 Å². The van der Waals surface area contributed by atoms with Gasteiger partial charge in [0.05, 0.1) is 11.2 Å². The van der Waals surface area contributed by atoms with E-state index in [0.29, 0.717) is 5.92 Å². The first-order chi connectivity index (χ1) is 9.20. The minimum absolute atomic E-state index is 0.419. The second kappa shape index (κ2) is 4.47. The summed E-state index contributed by atoms with van der Waals surface area (Å²) in [7, 11) is 0. The smallest absolute Gasteiger partial charge is 0.0690 e. The number of rotatable bonds is 2. The molecular formula is C17H18N2. The van der Waals surface area contributed by atoms with Gasteiger partial charge in [0.15, 0.2) is 0 Å². The Morgan fingerprint density at radius 3 is 2.32 bits per heavy atom. The zero-order valence-electron chi connectivity index (χ0n) is 11.3. The van der Waals surface area contributed by atoms with Crippen LogP contribution in [0.15, 0.2) is 54.7 Å². The minimum atomic E-state index is 0.419. The molecule has 3 rings (SSSR count). The molecule has 0 aliphatic heterocycles. The van der Waals surface area contributed by atoms with Crippen LogP contribution in [0.3, 0.4) is 0 Å². The molecule has 19 heavy (non-hydrogen) atoms. The Labute approximate surface area is 113 Å². The molecule has 0 saturated carbocycles. The van der Waals surface area contributed by atoms with Gasteiger partial charge >= 0.3 is 0 Å². The molecule has 2 heteroatoms. The second-order valence-corrected chi connectivity index (χ2v) is 5.15. The lowest BCUT2D eigenvalue weighted by Gasteiger charge is -2.10. The number of nitrogens with two attached hydrogens (primary N) is 1. The van der Waals surface area contributed by atoms with E-state index in [1.165, 1.54) is 16.8 Å². The molecule has 0 spiro atoms. The summed E-state index contributed by atoms with van der Waals surface area (Å²) in [4.78, 5) is 0. The van der Waals surface area contributed by atoms with Gasteiger partial charge in [0.25, 0.3) is 0 Å². The van der Waals surface area contributed by atoms with E-state index in [1.54, 1.807) is 0 Å². The molecule has 0 fully saturated rings. The molecule has 0 aliphatic carbocycles. The largest absolute Gasteiger partial charge is 0.396 e. The molecule has 2 aromatic heterocycles. The molecule has 0 saturated heterocycles. The standard InChI is InChI=1S/C17H18N2/c1-12(2)17-15(13-8-4-3-5-9-13)16(18)14-10-6-7-11-19(14)17/h3-12H,18H2,1-2H3. The SMILES string of the molecule is CC(C)c1c(-c2ccccc2)c(N)c2ccccn12. The fourth-order valence-electron chi connectivity index (χ4n) is 2.73. The first-order valence-corrected chi connectivity index (χ1v) is 6.64. The number of nitrogens with zero attached hydrogens (tertiary/aromatic N) is 1. The predicted molar refractivity (Wildman–Crippen MR) is 81.3 cm³/mol. The van der Waals surface area contributed by atoms with Crippen LogP contribution < -0.4 is 5.73 Å². The van der Waals surface area contributed by atoms with Crippen LogP contribution in [0, 0.1) is 0 Å². The summed E-state index contributed by atoms with van der Waals surface area (Å²) in [6.45, 7) is 4.42. The van der Waals surface area contributed by atoms with Crippen LogP contribution in [0.4, 0.5) is 5.69 Å². The molecule has 1 aromatic carbocycles.